The van der Waals surface area contributed by atoms with Crippen LogP contribution in [0.15, 0.2) is 54.6 Å². The molecule has 0 fully saturated rings. The van der Waals surface area contributed by atoms with Crippen molar-refractivity contribution in [3.05, 3.63) is 65.7 Å². The number of rotatable bonds is 9. The van der Waals surface area contributed by atoms with E-state index in [9.17, 15) is 24.0 Å². The molecular formula is C34H48N6O6. The molecule has 1 aliphatic rings. The Kier molecular flexibility index (Phi) is 14.5. The fraction of sp³-hybridized carbons (Fsp3) is 0.500. The molecule has 0 bridgehead atoms. The van der Waals surface area contributed by atoms with E-state index in [1.165, 1.54) is 0 Å². The summed E-state index contributed by atoms with van der Waals surface area (Å²) < 4.78 is 5.88. The van der Waals surface area contributed by atoms with Gasteiger partial charge in [-0.2, -0.15) is 0 Å². The van der Waals surface area contributed by atoms with Gasteiger partial charge in [0.2, 0.25) is 23.6 Å². The molecule has 12 heteroatoms. The molecule has 3 rings (SSSR count). The number of hydrogen-bond donors (Lipinski definition) is 5. The van der Waals surface area contributed by atoms with Crippen molar-refractivity contribution >= 4 is 29.5 Å². The van der Waals surface area contributed by atoms with Crippen LogP contribution in [0.3, 0.4) is 0 Å². The molecular weight excluding hydrogens is 588 g/mol. The average Bonchev–Trinajstić information content (AvgIpc) is 3.02. The van der Waals surface area contributed by atoms with Gasteiger partial charge in [0.15, 0.2) is 0 Å². The van der Waals surface area contributed by atoms with Crippen LogP contribution >= 0.6 is 0 Å². The minimum absolute atomic E-state index is 0.203. The zero-order valence-corrected chi connectivity index (χ0v) is 27.3. The molecule has 5 N–H and O–H groups in total. The van der Waals surface area contributed by atoms with Gasteiger partial charge in [0, 0.05) is 19.5 Å². The van der Waals surface area contributed by atoms with Crippen LogP contribution in [0.1, 0.15) is 55.5 Å². The summed E-state index contributed by atoms with van der Waals surface area (Å²) in [4.78, 5) is 68.9. The maximum absolute atomic E-state index is 13.5. The Labute approximate surface area is 271 Å². The molecule has 46 heavy (non-hydrogen) atoms. The van der Waals surface area contributed by atoms with E-state index in [0.717, 1.165) is 24.9 Å². The van der Waals surface area contributed by atoms with Gasteiger partial charge in [-0.3, -0.25) is 24.0 Å². The van der Waals surface area contributed by atoms with E-state index in [0.29, 0.717) is 18.7 Å². The first-order chi connectivity index (χ1) is 22.0. The van der Waals surface area contributed by atoms with Crippen molar-refractivity contribution in [2.24, 2.45) is 5.92 Å². The van der Waals surface area contributed by atoms with Gasteiger partial charge in [0.05, 0.1) is 18.6 Å². The van der Waals surface area contributed by atoms with Gasteiger partial charge >= 0.3 is 0 Å². The predicted octanol–water partition coefficient (Wildman–Crippen LogP) is 1.40. The number of fused-ring (bicyclic) bond motifs is 1. The van der Waals surface area contributed by atoms with E-state index in [4.69, 9.17) is 4.74 Å². The number of unbranched alkanes of at least 4 members (excludes halogenated alkanes) is 1. The summed E-state index contributed by atoms with van der Waals surface area (Å²) in [7, 11) is 3.94. The fourth-order valence-electron chi connectivity index (χ4n) is 4.98. The van der Waals surface area contributed by atoms with Crippen LogP contribution in [0, 0.1) is 5.92 Å². The van der Waals surface area contributed by atoms with Gasteiger partial charge in [0.1, 0.15) is 23.9 Å². The topological polar surface area (TPSA) is 158 Å². The number of amides is 5. The summed E-state index contributed by atoms with van der Waals surface area (Å²) in [5.41, 5.74) is 1.07. The molecule has 5 amide bonds. The molecule has 1 heterocycles. The number of carbonyl (C=O) groups is 5. The van der Waals surface area contributed by atoms with Gasteiger partial charge in [-0.15, -0.1) is 0 Å². The SMILES string of the molecule is CC(C)[C@H]1NC(=O)C[C@@H](C(=O)NCCCCN(C)C)NC(=O)c2ccccc2OCCCNC(=O)[C@H](Cc2ccccc2)NC1=O. The van der Waals surface area contributed by atoms with Crippen LogP contribution in [0.25, 0.3) is 0 Å². The van der Waals surface area contributed by atoms with E-state index < -0.39 is 48.2 Å². The van der Waals surface area contributed by atoms with E-state index in [-0.39, 0.29) is 37.0 Å². The van der Waals surface area contributed by atoms with Crippen molar-refractivity contribution in [2.75, 3.05) is 40.3 Å². The van der Waals surface area contributed by atoms with Crippen LogP contribution in [-0.4, -0.2) is 92.9 Å². The number of carbonyl (C=O) groups excluding carboxylic acids is 5. The number of nitrogens with one attached hydrogen (secondary N) is 5. The van der Waals surface area contributed by atoms with Gasteiger partial charge in [-0.05, 0) is 63.5 Å². The lowest BCUT2D eigenvalue weighted by Gasteiger charge is -2.26. The van der Waals surface area contributed by atoms with Crippen LogP contribution < -0.4 is 31.3 Å². The van der Waals surface area contributed by atoms with Gasteiger partial charge in [-0.1, -0.05) is 56.3 Å². The Bertz CT molecular complexity index is 1320. The van der Waals surface area contributed by atoms with Crippen LogP contribution in [0.2, 0.25) is 0 Å². The molecule has 0 spiro atoms. The molecule has 1 aliphatic heterocycles. The molecule has 250 valence electrons. The monoisotopic (exact) mass is 636 g/mol. The van der Waals surface area contributed by atoms with Gasteiger partial charge in [-0.25, -0.2) is 0 Å². The highest BCUT2D eigenvalue weighted by atomic mass is 16.5. The number of benzene rings is 2. The molecule has 0 aromatic heterocycles. The lowest BCUT2D eigenvalue weighted by molar-refractivity contribution is -0.133. The van der Waals surface area contributed by atoms with Crippen LogP contribution in [0.5, 0.6) is 5.75 Å². The zero-order chi connectivity index (χ0) is 33.5. The molecule has 2 aromatic carbocycles. The second-order valence-electron chi connectivity index (χ2n) is 12.1. The summed E-state index contributed by atoms with van der Waals surface area (Å²) in [5.74, 6) is -2.60. The van der Waals surface area contributed by atoms with Crippen molar-refractivity contribution < 1.29 is 28.7 Å². The average molecular weight is 637 g/mol. The third-order valence-corrected chi connectivity index (χ3v) is 7.53. The van der Waals surface area contributed by atoms with Gasteiger partial charge in [0.25, 0.3) is 5.91 Å². The van der Waals surface area contributed by atoms with Crippen LogP contribution in [-0.2, 0) is 25.6 Å². The Balaban J connectivity index is 1.86. The normalized spacial score (nSPS) is 20.3. The van der Waals surface area contributed by atoms with E-state index in [1.54, 1.807) is 38.1 Å². The molecule has 0 aliphatic carbocycles. The maximum atomic E-state index is 13.5. The summed E-state index contributed by atoms with van der Waals surface area (Å²) in [6, 6.07) is 12.9. The van der Waals surface area contributed by atoms with Crippen LogP contribution in [0.4, 0.5) is 0 Å². The summed E-state index contributed by atoms with van der Waals surface area (Å²) in [5, 5.41) is 14.0. The first-order valence-electron chi connectivity index (χ1n) is 15.9. The number of ether oxygens (including phenoxy) is 1. The van der Waals surface area contributed by atoms with Gasteiger partial charge < -0.3 is 36.2 Å². The lowest BCUT2D eigenvalue weighted by atomic mass is 10.0. The van der Waals surface area contributed by atoms with E-state index >= 15 is 0 Å². The highest BCUT2D eigenvalue weighted by Crippen LogP contribution is 2.19. The van der Waals surface area contributed by atoms with Crippen molar-refractivity contribution in [1.29, 1.82) is 0 Å². The highest BCUT2D eigenvalue weighted by Gasteiger charge is 2.31. The first-order valence-corrected chi connectivity index (χ1v) is 15.9. The predicted molar refractivity (Wildman–Crippen MR) is 175 cm³/mol. The highest BCUT2D eigenvalue weighted by molar-refractivity contribution is 6.01. The molecule has 0 saturated carbocycles. The molecule has 0 unspecified atom stereocenters. The maximum Gasteiger partial charge on any atom is 0.255 e. The standard InChI is InChI=1S/C34H48N6O6/c1-23(2)30-34(45)38-26(21-24-13-6-5-7-14-24)32(43)36-18-12-20-46-28-16-9-8-15-25(28)31(42)37-27(22-29(41)39-30)33(44)35-17-10-11-19-40(3)4/h5-9,13-16,23,26-27,30H,10-12,17-22H2,1-4H3,(H,35,44)(H,36,43)(H,37,42)(H,38,45)(H,39,41)/t26-,27-,30+/m0/s1. The summed E-state index contributed by atoms with van der Waals surface area (Å²) >= 11 is 0. The third-order valence-electron chi connectivity index (χ3n) is 7.53. The molecule has 0 radical (unpaired) electrons. The largest absolute Gasteiger partial charge is 0.493 e. The quantitative estimate of drug-likeness (QED) is 0.261. The van der Waals surface area contributed by atoms with Crippen molar-refractivity contribution in [1.82, 2.24) is 31.5 Å². The summed E-state index contributed by atoms with van der Waals surface area (Å²) in [6.07, 6.45) is 1.88. The number of nitrogens with zero attached hydrogens (tertiary/aromatic N) is 1. The Morgan fingerprint density at radius 1 is 0.935 bits per heavy atom. The lowest BCUT2D eigenvalue weighted by Crippen LogP contribution is -2.57. The fourth-order valence-corrected chi connectivity index (χ4v) is 4.98. The van der Waals surface area contributed by atoms with E-state index in [2.05, 4.69) is 31.5 Å². The molecule has 2 aromatic rings. The van der Waals surface area contributed by atoms with Crippen molar-refractivity contribution in [3.63, 3.8) is 0 Å². The van der Waals surface area contributed by atoms with Crippen molar-refractivity contribution in [3.8, 4) is 5.75 Å². The Morgan fingerprint density at radius 2 is 1.65 bits per heavy atom. The number of hydrogen-bond acceptors (Lipinski definition) is 7. The van der Waals surface area contributed by atoms with E-state index in [1.807, 2.05) is 44.4 Å². The first kappa shape index (κ1) is 36.0. The summed E-state index contributed by atoms with van der Waals surface area (Å²) in [6.45, 7) is 5.27. The Hall–Kier alpha value is -4.45. The third kappa shape index (κ3) is 11.8. The molecule has 0 saturated heterocycles. The zero-order valence-electron chi connectivity index (χ0n) is 27.3. The molecule has 12 nitrogen and oxygen atoms in total. The minimum Gasteiger partial charge on any atom is -0.493 e. The minimum atomic E-state index is -1.21. The Morgan fingerprint density at radius 3 is 2.37 bits per heavy atom. The second kappa shape index (κ2) is 18.5. The smallest absolute Gasteiger partial charge is 0.255 e. The molecule has 3 atom stereocenters. The number of para-hydroxylation sites is 1. The second-order valence-corrected chi connectivity index (χ2v) is 12.1. The van der Waals surface area contributed by atoms with Crippen molar-refractivity contribution in [2.45, 2.75) is 64.1 Å².